The van der Waals surface area contributed by atoms with Crippen LogP contribution in [0.3, 0.4) is 0 Å². The zero-order valence-corrected chi connectivity index (χ0v) is 38.3. The summed E-state index contributed by atoms with van der Waals surface area (Å²) in [6, 6.07) is 0. The Labute approximate surface area is 358 Å². The average Bonchev–Trinajstić information content (AvgIpc) is 3.22. The lowest BCUT2D eigenvalue weighted by Crippen LogP contribution is -2.30. The molecule has 336 valence electrons. The first-order valence-electron chi connectivity index (χ1n) is 24.7. The minimum atomic E-state index is -0.804. The molecule has 0 aliphatic carbocycles. The molecule has 6 heteroatoms. The van der Waals surface area contributed by atoms with Gasteiger partial charge in [0.05, 0.1) is 0 Å². The Morgan fingerprint density at radius 1 is 0.362 bits per heavy atom. The first kappa shape index (κ1) is 55.4. The van der Waals surface area contributed by atoms with E-state index < -0.39 is 6.10 Å². The van der Waals surface area contributed by atoms with E-state index in [0.717, 1.165) is 57.8 Å². The molecule has 0 amide bonds. The highest BCUT2D eigenvalue weighted by atomic mass is 16.6. The normalized spacial score (nSPS) is 12.4. The van der Waals surface area contributed by atoms with Crippen molar-refractivity contribution in [2.75, 3.05) is 13.2 Å². The maximum Gasteiger partial charge on any atom is 0.306 e. The van der Waals surface area contributed by atoms with Crippen LogP contribution < -0.4 is 0 Å². The number of allylic oxidation sites excluding steroid dienone is 8. The van der Waals surface area contributed by atoms with E-state index in [0.29, 0.717) is 19.3 Å². The molecule has 0 radical (unpaired) electrons. The van der Waals surface area contributed by atoms with Crippen molar-refractivity contribution < 1.29 is 28.6 Å². The topological polar surface area (TPSA) is 78.9 Å². The number of unbranched alkanes of at least 4 members (excludes halogenated alkanes) is 26. The van der Waals surface area contributed by atoms with E-state index in [4.69, 9.17) is 14.2 Å². The Balaban J connectivity index is 4.45. The molecule has 0 aliphatic heterocycles. The summed E-state index contributed by atoms with van der Waals surface area (Å²) in [5, 5.41) is 0. The van der Waals surface area contributed by atoms with Gasteiger partial charge in [0.15, 0.2) is 6.10 Å². The minimum absolute atomic E-state index is 0.0974. The van der Waals surface area contributed by atoms with E-state index in [-0.39, 0.29) is 37.5 Å². The summed E-state index contributed by atoms with van der Waals surface area (Å²) in [4.78, 5) is 37.8. The quantitative estimate of drug-likeness (QED) is 0.0200. The van der Waals surface area contributed by atoms with E-state index in [1.807, 2.05) is 6.08 Å². The van der Waals surface area contributed by atoms with Crippen LogP contribution in [0.5, 0.6) is 0 Å². The zero-order valence-electron chi connectivity index (χ0n) is 38.3. The van der Waals surface area contributed by atoms with Crippen molar-refractivity contribution in [3.63, 3.8) is 0 Å². The summed E-state index contributed by atoms with van der Waals surface area (Å²) in [7, 11) is 0. The molecule has 58 heavy (non-hydrogen) atoms. The molecule has 0 fully saturated rings. The fourth-order valence-electron chi connectivity index (χ4n) is 6.84. The second kappa shape index (κ2) is 47.1. The van der Waals surface area contributed by atoms with Gasteiger partial charge in [0.1, 0.15) is 13.2 Å². The third-order valence-electron chi connectivity index (χ3n) is 10.6. The molecular formula is C52H92O6. The van der Waals surface area contributed by atoms with Crippen LogP contribution >= 0.6 is 0 Å². The standard InChI is InChI=1S/C52H92O6/c1-4-7-10-13-16-19-22-25-26-28-30-33-36-39-42-45-51(54)57-48-49(47-56-50(53)44-41-38-35-32-29-24-21-18-15-12-9-6-3)58-52(55)46-43-40-37-34-31-27-23-20-17-14-11-8-5-2/h16,19,22,25,27,31,37,40,49H,4-15,17-18,20-21,23-24,26,28-30,32-36,38-39,41-48H2,1-3H3/b19-16-,25-22-,31-27-,40-37-. The molecule has 0 heterocycles. The van der Waals surface area contributed by atoms with Crippen LogP contribution in [0, 0.1) is 0 Å². The van der Waals surface area contributed by atoms with Gasteiger partial charge in [-0.25, -0.2) is 0 Å². The lowest BCUT2D eigenvalue weighted by atomic mass is 10.0. The highest BCUT2D eigenvalue weighted by molar-refractivity contribution is 5.71. The highest BCUT2D eigenvalue weighted by Crippen LogP contribution is 2.14. The molecule has 0 saturated heterocycles. The van der Waals surface area contributed by atoms with Crippen LogP contribution in [0.15, 0.2) is 48.6 Å². The van der Waals surface area contributed by atoms with Crippen molar-refractivity contribution in [2.24, 2.45) is 0 Å². The van der Waals surface area contributed by atoms with Gasteiger partial charge < -0.3 is 14.2 Å². The van der Waals surface area contributed by atoms with Gasteiger partial charge in [-0.1, -0.05) is 211 Å². The molecule has 1 atom stereocenters. The first-order chi connectivity index (χ1) is 28.5. The fourth-order valence-corrected chi connectivity index (χ4v) is 6.84. The van der Waals surface area contributed by atoms with Gasteiger partial charge in [0, 0.05) is 19.3 Å². The summed E-state index contributed by atoms with van der Waals surface area (Å²) >= 11 is 0. The van der Waals surface area contributed by atoms with Crippen LogP contribution in [0.1, 0.15) is 245 Å². The Kier molecular flexibility index (Phi) is 44.9. The van der Waals surface area contributed by atoms with Gasteiger partial charge in [-0.05, 0) is 64.2 Å². The minimum Gasteiger partial charge on any atom is -0.462 e. The molecule has 0 aromatic rings. The first-order valence-corrected chi connectivity index (χ1v) is 24.7. The average molecular weight is 813 g/mol. The molecule has 0 aromatic carbocycles. The largest absolute Gasteiger partial charge is 0.462 e. The third kappa shape index (κ3) is 44.5. The number of hydrogen-bond acceptors (Lipinski definition) is 6. The molecule has 0 aromatic heterocycles. The van der Waals surface area contributed by atoms with Gasteiger partial charge in [0.2, 0.25) is 0 Å². The number of carbonyl (C=O) groups excluding carboxylic acids is 3. The number of esters is 3. The monoisotopic (exact) mass is 813 g/mol. The fraction of sp³-hybridized carbons (Fsp3) is 0.788. The van der Waals surface area contributed by atoms with Crippen LogP contribution in [0.2, 0.25) is 0 Å². The summed E-state index contributed by atoms with van der Waals surface area (Å²) in [6.07, 6.45) is 55.3. The van der Waals surface area contributed by atoms with Crippen molar-refractivity contribution in [1.82, 2.24) is 0 Å². The second-order valence-electron chi connectivity index (χ2n) is 16.4. The van der Waals surface area contributed by atoms with E-state index in [1.54, 1.807) is 0 Å². The SMILES string of the molecule is CCCCC/C=C\C=C/CCCCCCCCC(=O)OCC(COC(=O)CCCCCCCCCCCCCC)OC(=O)CC/C=C\C/C=C\CCCCCCCC. The van der Waals surface area contributed by atoms with Crippen LogP contribution in [0.4, 0.5) is 0 Å². The van der Waals surface area contributed by atoms with Crippen molar-refractivity contribution in [1.29, 1.82) is 0 Å². The molecule has 0 spiro atoms. The molecular weight excluding hydrogens is 721 g/mol. The van der Waals surface area contributed by atoms with E-state index in [2.05, 4.69) is 63.3 Å². The Bertz CT molecular complexity index is 1030. The van der Waals surface area contributed by atoms with Gasteiger partial charge in [-0.2, -0.15) is 0 Å². The van der Waals surface area contributed by atoms with Crippen LogP contribution in [-0.4, -0.2) is 37.2 Å². The van der Waals surface area contributed by atoms with Gasteiger partial charge in [0.25, 0.3) is 0 Å². The third-order valence-corrected chi connectivity index (χ3v) is 10.6. The highest BCUT2D eigenvalue weighted by Gasteiger charge is 2.19. The van der Waals surface area contributed by atoms with Crippen molar-refractivity contribution in [2.45, 2.75) is 252 Å². The molecule has 1 unspecified atom stereocenters. The van der Waals surface area contributed by atoms with Gasteiger partial charge >= 0.3 is 17.9 Å². The van der Waals surface area contributed by atoms with Crippen LogP contribution in [-0.2, 0) is 28.6 Å². The van der Waals surface area contributed by atoms with Crippen molar-refractivity contribution >= 4 is 17.9 Å². The predicted molar refractivity (Wildman–Crippen MR) is 247 cm³/mol. The molecule has 0 bridgehead atoms. The Hall–Kier alpha value is -2.63. The van der Waals surface area contributed by atoms with Crippen molar-refractivity contribution in [3.8, 4) is 0 Å². The van der Waals surface area contributed by atoms with E-state index >= 15 is 0 Å². The zero-order chi connectivity index (χ0) is 42.3. The Morgan fingerprint density at radius 3 is 1.16 bits per heavy atom. The summed E-state index contributed by atoms with van der Waals surface area (Å²) < 4.78 is 16.7. The van der Waals surface area contributed by atoms with Gasteiger partial charge in [-0.15, -0.1) is 0 Å². The smallest absolute Gasteiger partial charge is 0.306 e. The number of hydrogen-bond donors (Lipinski definition) is 0. The molecule has 0 aliphatic rings. The summed E-state index contributed by atoms with van der Waals surface area (Å²) in [5.74, 6) is -0.975. The number of ether oxygens (including phenoxy) is 3. The lowest BCUT2D eigenvalue weighted by molar-refractivity contribution is -0.166. The summed E-state index contributed by atoms with van der Waals surface area (Å²) in [5.41, 5.74) is 0. The van der Waals surface area contributed by atoms with E-state index in [1.165, 1.54) is 141 Å². The molecule has 0 saturated carbocycles. The second-order valence-corrected chi connectivity index (χ2v) is 16.4. The molecule has 0 rings (SSSR count). The number of rotatable bonds is 44. The lowest BCUT2D eigenvalue weighted by Gasteiger charge is -2.18. The maximum absolute atomic E-state index is 12.7. The maximum atomic E-state index is 12.7. The molecule has 6 nitrogen and oxygen atoms in total. The number of carbonyl (C=O) groups is 3. The van der Waals surface area contributed by atoms with Crippen LogP contribution in [0.25, 0.3) is 0 Å². The molecule has 0 N–H and O–H groups in total. The van der Waals surface area contributed by atoms with Gasteiger partial charge in [-0.3, -0.25) is 14.4 Å². The Morgan fingerprint density at radius 2 is 0.707 bits per heavy atom. The van der Waals surface area contributed by atoms with Crippen molar-refractivity contribution in [3.05, 3.63) is 48.6 Å². The van der Waals surface area contributed by atoms with E-state index in [9.17, 15) is 14.4 Å². The predicted octanol–water partition coefficient (Wildman–Crippen LogP) is 15.9. The summed E-state index contributed by atoms with van der Waals surface area (Å²) in [6.45, 7) is 6.54.